The largest absolute Gasteiger partial charge is 0.372 e. The predicted octanol–water partition coefficient (Wildman–Crippen LogP) is 14.4. The summed E-state index contributed by atoms with van der Waals surface area (Å²) in [4.78, 5) is 7.26. The third kappa shape index (κ3) is 9.00. The van der Waals surface area contributed by atoms with Gasteiger partial charge in [-0.15, -0.1) is 0 Å². The third-order valence-corrected chi connectivity index (χ3v) is 14.1. The molecule has 69 heavy (non-hydrogen) atoms. The van der Waals surface area contributed by atoms with Crippen LogP contribution in [0.2, 0.25) is 0 Å². The van der Waals surface area contributed by atoms with E-state index in [1.807, 2.05) is 18.2 Å². The minimum Gasteiger partial charge on any atom is -0.372 e. The number of nitriles is 6. The number of anilines is 3. The van der Waals surface area contributed by atoms with Crippen LogP contribution in [-0.4, -0.2) is 39.3 Å². The molecule has 0 aromatic heterocycles. The molecule has 9 nitrogen and oxygen atoms in total. The molecular weight excluding hydrogens is 847 g/mol. The van der Waals surface area contributed by atoms with Crippen molar-refractivity contribution in [1.29, 1.82) is 31.6 Å². The van der Waals surface area contributed by atoms with E-state index in [4.69, 9.17) is 0 Å². The smallest absolute Gasteiger partial charge is 0.138 e. The van der Waals surface area contributed by atoms with Crippen LogP contribution in [0.5, 0.6) is 0 Å². The molecule has 0 radical (unpaired) electrons. The fourth-order valence-corrected chi connectivity index (χ4v) is 10.6. The number of allylic oxidation sites excluding steroid dienone is 3. The molecule has 9 heteroatoms. The molecule has 3 aliphatic carbocycles. The number of unbranched alkanes of at least 4 members (excludes halogenated alkanes) is 6. The van der Waals surface area contributed by atoms with Gasteiger partial charge in [0.15, 0.2) is 0 Å². The summed E-state index contributed by atoms with van der Waals surface area (Å²) in [6.07, 6.45) is 12.2. The highest BCUT2D eigenvalue weighted by Crippen LogP contribution is 2.65. The van der Waals surface area contributed by atoms with Crippen LogP contribution in [0.3, 0.4) is 0 Å². The van der Waals surface area contributed by atoms with E-state index < -0.39 is 0 Å². The van der Waals surface area contributed by atoms with Crippen molar-refractivity contribution >= 4 is 33.8 Å². The van der Waals surface area contributed by atoms with E-state index >= 15 is 0 Å². The Labute approximate surface area is 410 Å². The maximum Gasteiger partial charge on any atom is 0.138 e. The Kier molecular flexibility index (Phi) is 16.1. The second kappa shape index (κ2) is 22.5. The maximum atomic E-state index is 10.9. The van der Waals surface area contributed by atoms with E-state index in [9.17, 15) is 31.6 Å². The predicted molar refractivity (Wildman–Crippen MR) is 281 cm³/mol. The van der Waals surface area contributed by atoms with Gasteiger partial charge in [-0.3, -0.25) is 0 Å². The van der Waals surface area contributed by atoms with Crippen molar-refractivity contribution in [2.75, 3.05) is 54.0 Å². The fourth-order valence-electron chi connectivity index (χ4n) is 10.6. The first-order chi connectivity index (χ1) is 33.8. The molecule has 0 aliphatic heterocycles. The summed E-state index contributed by atoms with van der Waals surface area (Å²) in [5, 5.41) is 65.6. The highest BCUT2D eigenvalue weighted by atomic mass is 15.1. The molecule has 0 saturated heterocycles. The van der Waals surface area contributed by atoms with E-state index in [0.29, 0.717) is 50.1 Å². The normalized spacial score (nSPS) is 11.9. The highest BCUT2D eigenvalue weighted by Gasteiger charge is 2.45. The van der Waals surface area contributed by atoms with E-state index in [0.717, 1.165) is 167 Å². The number of hydrogen-bond donors (Lipinski definition) is 0. The zero-order chi connectivity index (χ0) is 49.2. The number of rotatable bonds is 21. The molecule has 0 amide bonds. The van der Waals surface area contributed by atoms with Gasteiger partial charge in [0.05, 0.1) is 0 Å². The van der Waals surface area contributed by atoms with Crippen LogP contribution in [0.1, 0.15) is 152 Å². The van der Waals surface area contributed by atoms with Crippen LogP contribution in [0, 0.1) is 68.0 Å². The van der Waals surface area contributed by atoms with Gasteiger partial charge in [-0.05, 0) is 125 Å². The second-order valence-corrected chi connectivity index (χ2v) is 18.4. The van der Waals surface area contributed by atoms with Crippen LogP contribution < -0.4 is 14.7 Å². The minimum atomic E-state index is -0.0613. The summed E-state index contributed by atoms with van der Waals surface area (Å²) < 4.78 is 0. The lowest BCUT2D eigenvalue weighted by atomic mass is 9.82. The van der Waals surface area contributed by atoms with Gasteiger partial charge in [-0.1, -0.05) is 98.3 Å². The van der Waals surface area contributed by atoms with Crippen molar-refractivity contribution in [3.8, 4) is 69.8 Å². The molecule has 3 aliphatic rings. The van der Waals surface area contributed by atoms with Crippen molar-refractivity contribution in [3.63, 3.8) is 0 Å². The monoisotopic (exact) mass is 910 g/mol. The van der Waals surface area contributed by atoms with E-state index in [1.54, 1.807) is 0 Å². The van der Waals surface area contributed by atoms with Gasteiger partial charge in [0.2, 0.25) is 0 Å². The van der Waals surface area contributed by atoms with Crippen molar-refractivity contribution in [3.05, 3.63) is 105 Å². The molecule has 0 heterocycles. The van der Waals surface area contributed by atoms with Gasteiger partial charge in [-0.25, -0.2) is 0 Å². The average Bonchev–Trinajstić information content (AvgIpc) is 4.01. The molecule has 0 spiro atoms. The van der Waals surface area contributed by atoms with Crippen molar-refractivity contribution in [2.45, 2.75) is 119 Å². The Balaban J connectivity index is 1.75. The molecule has 4 aromatic rings. The van der Waals surface area contributed by atoms with Crippen LogP contribution in [0.4, 0.5) is 17.1 Å². The molecule has 0 unspecified atom stereocenters. The number of hydrogen-bond acceptors (Lipinski definition) is 9. The first-order valence-electron chi connectivity index (χ1n) is 25.4. The van der Waals surface area contributed by atoms with Crippen LogP contribution >= 0.6 is 0 Å². The first-order valence-corrected chi connectivity index (χ1v) is 25.4. The fraction of sp³-hybridized carbons (Fsp3) is 0.400. The van der Waals surface area contributed by atoms with Gasteiger partial charge >= 0.3 is 0 Å². The maximum absolute atomic E-state index is 10.9. The van der Waals surface area contributed by atoms with E-state index in [-0.39, 0.29) is 16.7 Å². The Bertz CT molecular complexity index is 2600. The lowest BCUT2D eigenvalue weighted by molar-refractivity contribution is 0.678. The molecule has 7 rings (SSSR count). The molecule has 4 aromatic carbocycles. The van der Waals surface area contributed by atoms with Gasteiger partial charge in [0.1, 0.15) is 53.1 Å². The van der Waals surface area contributed by atoms with Crippen LogP contribution in [0.15, 0.2) is 71.3 Å². The summed E-state index contributed by atoms with van der Waals surface area (Å²) in [5.41, 5.74) is 13.1. The average molecular weight is 910 g/mol. The van der Waals surface area contributed by atoms with Crippen molar-refractivity contribution < 1.29 is 0 Å². The van der Waals surface area contributed by atoms with E-state index in [2.05, 4.69) is 129 Å². The quantitative estimate of drug-likeness (QED) is 0.0641. The summed E-state index contributed by atoms with van der Waals surface area (Å²) >= 11 is 0. The minimum absolute atomic E-state index is 0.0613. The zero-order valence-electron chi connectivity index (χ0n) is 41.4. The lowest BCUT2D eigenvalue weighted by Crippen LogP contribution is -2.25. The topological polar surface area (TPSA) is 152 Å². The molecule has 0 saturated carbocycles. The molecular formula is C60H63N9. The Morgan fingerprint density at radius 3 is 0.725 bits per heavy atom. The Morgan fingerprint density at radius 1 is 0.319 bits per heavy atom. The molecule has 0 N–H and O–H groups in total. The third-order valence-electron chi connectivity index (χ3n) is 14.1. The summed E-state index contributed by atoms with van der Waals surface area (Å²) in [5.74, 6) is 0. The lowest BCUT2D eigenvalue weighted by Gasteiger charge is -2.26. The summed E-state index contributed by atoms with van der Waals surface area (Å²) in [7, 11) is 0. The van der Waals surface area contributed by atoms with Gasteiger partial charge in [0, 0.05) is 89.7 Å². The Morgan fingerprint density at radius 2 is 0.536 bits per heavy atom. The van der Waals surface area contributed by atoms with Crippen molar-refractivity contribution in [2.24, 2.45) is 0 Å². The molecule has 348 valence electrons. The first kappa shape index (κ1) is 49.3. The van der Waals surface area contributed by atoms with Crippen LogP contribution in [-0.2, 0) is 0 Å². The second-order valence-electron chi connectivity index (χ2n) is 18.4. The molecule has 0 fully saturated rings. The highest BCUT2D eigenvalue weighted by molar-refractivity contribution is 6.25. The number of nitrogens with zero attached hydrogens (tertiary/aromatic N) is 9. The summed E-state index contributed by atoms with van der Waals surface area (Å²) in [6.45, 7) is 18.3. The molecule has 0 atom stereocenters. The SMILES string of the molecule is CCCCN(CCCC)c1ccc2c(c1)-c1c(c3c(c4c1C(=C(C#N)C#N)c1ccc(N(CCCC)CCCC)cc1-4)C(=C(C#N)C#N)c1ccc(N(CCCC)CCCC)cc1-3)C2=C(C#N)C#N. The van der Waals surface area contributed by atoms with E-state index in [1.165, 1.54) is 0 Å². The van der Waals surface area contributed by atoms with Crippen molar-refractivity contribution in [1.82, 2.24) is 0 Å². The standard InChI is InChI=1S/C60H63N9/c1-7-13-25-67(26-14-8-2)43-19-22-46-49(31-43)55-58(52(46)40(34-61)35-62)56-51-33-45(69(29-17-11-5)30-18-12-6)21-24-48(51)54(42(38-65)39-66)60(56)57-50-32-44(68(27-15-9-3)28-16-10-4)20-23-47(50)53(59(55)57)41(36-63)37-64/h19-24,31-33H,7-18,25-30H2,1-6H3. The van der Waals surface area contributed by atoms with Gasteiger partial charge in [-0.2, -0.15) is 31.6 Å². The Hall–Kier alpha value is -7.56. The molecule has 0 bridgehead atoms. The number of fused-ring (bicyclic) bond motifs is 12. The van der Waals surface area contributed by atoms with Gasteiger partial charge < -0.3 is 14.7 Å². The zero-order valence-corrected chi connectivity index (χ0v) is 41.4. The number of benzene rings is 4. The summed E-state index contributed by atoms with van der Waals surface area (Å²) in [6, 6.07) is 32.6. The van der Waals surface area contributed by atoms with Crippen LogP contribution in [0.25, 0.3) is 50.1 Å². The van der Waals surface area contributed by atoms with Gasteiger partial charge in [0.25, 0.3) is 0 Å².